The number of H-pyrrole nitrogens is 1. The van der Waals surface area contributed by atoms with Gasteiger partial charge in [0.2, 0.25) is 0 Å². The van der Waals surface area contributed by atoms with Crippen molar-refractivity contribution in [2.24, 2.45) is 0 Å². The van der Waals surface area contributed by atoms with Crippen LogP contribution in [0.5, 0.6) is 0 Å². The maximum atomic E-state index is 13.1. The summed E-state index contributed by atoms with van der Waals surface area (Å²) in [6.45, 7) is 0. The van der Waals surface area contributed by atoms with Gasteiger partial charge >= 0.3 is 5.97 Å². The average Bonchev–Trinajstić information content (AvgIpc) is 2.56. The van der Waals surface area contributed by atoms with Gasteiger partial charge in [-0.3, -0.25) is 5.10 Å². The minimum absolute atomic E-state index is 0.234. The van der Waals surface area contributed by atoms with Gasteiger partial charge in [0.15, 0.2) is 5.69 Å². The number of carbonyl (C=O) groups is 1. The van der Waals surface area contributed by atoms with Crippen molar-refractivity contribution in [2.75, 3.05) is 0 Å². The van der Waals surface area contributed by atoms with Gasteiger partial charge in [-0.15, -0.1) is 0 Å². The SMILES string of the molecule is O=C(O)c1n[nH]c2c(F)ccc(F)c12. The third kappa shape index (κ3) is 1.04. The van der Waals surface area contributed by atoms with Crippen molar-refractivity contribution in [3.05, 3.63) is 29.5 Å². The smallest absolute Gasteiger partial charge is 0.357 e. The molecule has 0 fully saturated rings. The first-order valence-electron chi connectivity index (χ1n) is 3.66. The minimum Gasteiger partial charge on any atom is -0.476 e. The molecule has 2 N–H and O–H groups in total. The van der Waals surface area contributed by atoms with Crippen molar-refractivity contribution in [1.29, 1.82) is 0 Å². The lowest BCUT2D eigenvalue weighted by molar-refractivity contribution is 0.0692. The molecule has 0 spiro atoms. The van der Waals surface area contributed by atoms with Crippen LogP contribution in [0.4, 0.5) is 8.78 Å². The van der Waals surface area contributed by atoms with E-state index in [1.807, 2.05) is 0 Å². The number of hydrogen-bond donors (Lipinski definition) is 2. The van der Waals surface area contributed by atoms with E-state index in [0.29, 0.717) is 0 Å². The second-order valence-electron chi connectivity index (χ2n) is 2.66. The number of benzene rings is 1. The predicted molar refractivity (Wildman–Crippen MR) is 43.0 cm³/mol. The molecule has 0 radical (unpaired) electrons. The number of nitrogens with zero attached hydrogens (tertiary/aromatic N) is 1. The highest BCUT2D eigenvalue weighted by molar-refractivity contribution is 6.01. The predicted octanol–water partition coefficient (Wildman–Crippen LogP) is 1.54. The Balaban J connectivity index is 2.90. The van der Waals surface area contributed by atoms with Gasteiger partial charge in [-0.2, -0.15) is 5.10 Å². The van der Waals surface area contributed by atoms with Crippen molar-refractivity contribution in [3.63, 3.8) is 0 Å². The fraction of sp³-hybridized carbons (Fsp3) is 0. The fourth-order valence-corrected chi connectivity index (χ4v) is 1.22. The van der Waals surface area contributed by atoms with E-state index in [0.717, 1.165) is 12.1 Å². The molecule has 0 saturated carbocycles. The Morgan fingerprint density at radius 1 is 1.36 bits per heavy atom. The van der Waals surface area contributed by atoms with Gasteiger partial charge in [-0.25, -0.2) is 13.6 Å². The molecule has 2 rings (SSSR count). The number of fused-ring (bicyclic) bond motifs is 1. The molecule has 1 aromatic carbocycles. The lowest BCUT2D eigenvalue weighted by Gasteiger charge is -1.93. The molecular formula is C8H4F2N2O2. The van der Waals surface area contributed by atoms with Gasteiger partial charge < -0.3 is 5.11 Å². The zero-order chi connectivity index (χ0) is 10.3. The Morgan fingerprint density at radius 2 is 2.00 bits per heavy atom. The normalized spacial score (nSPS) is 10.7. The van der Waals surface area contributed by atoms with Crippen LogP contribution in [-0.4, -0.2) is 21.3 Å². The summed E-state index contributed by atoms with van der Waals surface area (Å²) in [4.78, 5) is 10.6. The second kappa shape index (κ2) is 2.76. The fourth-order valence-electron chi connectivity index (χ4n) is 1.22. The maximum Gasteiger partial charge on any atom is 0.357 e. The molecule has 6 heteroatoms. The lowest BCUT2D eigenvalue weighted by atomic mass is 10.2. The third-order valence-corrected chi connectivity index (χ3v) is 1.82. The zero-order valence-electron chi connectivity index (χ0n) is 6.71. The van der Waals surface area contributed by atoms with E-state index in [2.05, 4.69) is 10.2 Å². The van der Waals surface area contributed by atoms with E-state index in [4.69, 9.17) is 5.11 Å². The first-order valence-corrected chi connectivity index (χ1v) is 3.66. The first kappa shape index (κ1) is 8.61. The van der Waals surface area contributed by atoms with Gasteiger partial charge in [0.05, 0.1) is 5.39 Å². The van der Waals surface area contributed by atoms with Crippen molar-refractivity contribution < 1.29 is 18.7 Å². The van der Waals surface area contributed by atoms with Gasteiger partial charge in [0, 0.05) is 0 Å². The third-order valence-electron chi connectivity index (χ3n) is 1.82. The van der Waals surface area contributed by atoms with Gasteiger partial charge in [0.1, 0.15) is 17.2 Å². The molecule has 72 valence electrons. The molecule has 0 bridgehead atoms. The summed E-state index contributed by atoms with van der Waals surface area (Å²) in [7, 11) is 0. The van der Waals surface area contributed by atoms with Crippen molar-refractivity contribution in [1.82, 2.24) is 10.2 Å². The number of aromatic nitrogens is 2. The molecular weight excluding hydrogens is 194 g/mol. The Bertz CT molecular complexity index is 521. The number of aromatic carboxylic acids is 1. The molecule has 1 aromatic heterocycles. The van der Waals surface area contributed by atoms with Crippen LogP contribution in [0.25, 0.3) is 10.9 Å². The molecule has 0 aliphatic heterocycles. The van der Waals surface area contributed by atoms with E-state index < -0.39 is 23.3 Å². The molecule has 0 unspecified atom stereocenters. The highest BCUT2D eigenvalue weighted by Crippen LogP contribution is 2.21. The second-order valence-corrected chi connectivity index (χ2v) is 2.66. The molecule has 0 aliphatic rings. The number of carboxylic acid groups (broad SMARTS) is 1. The van der Waals surface area contributed by atoms with E-state index in [1.165, 1.54) is 0 Å². The molecule has 1 heterocycles. The van der Waals surface area contributed by atoms with Gasteiger partial charge in [-0.05, 0) is 12.1 Å². The first-order chi connectivity index (χ1) is 6.61. The summed E-state index contributed by atoms with van der Waals surface area (Å²) in [6, 6.07) is 1.76. The zero-order valence-corrected chi connectivity index (χ0v) is 6.71. The highest BCUT2D eigenvalue weighted by atomic mass is 19.1. The molecule has 0 aliphatic carbocycles. The van der Waals surface area contributed by atoms with E-state index in [-0.39, 0.29) is 10.9 Å². The van der Waals surface area contributed by atoms with Crippen molar-refractivity contribution >= 4 is 16.9 Å². The Hall–Kier alpha value is -1.98. The molecule has 4 nitrogen and oxygen atoms in total. The van der Waals surface area contributed by atoms with E-state index in [1.54, 1.807) is 0 Å². The molecule has 2 aromatic rings. The average molecular weight is 198 g/mol. The molecule has 0 atom stereocenters. The summed E-state index contributed by atoms with van der Waals surface area (Å²) in [5.74, 6) is -2.95. The highest BCUT2D eigenvalue weighted by Gasteiger charge is 2.18. The molecule has 0 saturated heterocycles. The summed E-state index contributed by atoms with van der Waals surface area (Å²) in [6.07, 6.45) is 0. The largest absolute Gasteiger partial charge is 0.476 e. The Morgan fingerprint density at radius 3 is 2.64 bits per heavy atom. The van der Waals surface area contributed by atoms with Crippen LogP contribution in [0, 0.1) is 11.6 Å². The number of hydrogen-bond acceptors (Lipinski definition) is 2. The number of halogens is 2. The number of rotatable bonds is 1. The minimum atomic E-state index is -1.40. The van der Waals surface area contributed by atoms with Gasteiger partial charge in [0.25, 0.3) is 0 Å². The maximum absolute atomic E-state index is 13.1. The van der Waals surface area contributed by atoms with Crippen LogP contribution < -0.4 is 0 Å². The summed E-state index contributed by atoms with van der Waals surface area (Å²) in [5.41, 5.74) is -0.751. The van der Waals surface area contributed by atoms with Crippen LogP contribution in [0.3, 0.4) is 0 Å². The standard InChI is InChI=1S/C8H4F2N2O2/c9-3-1-2-4(10)6-5(3)7(8(13)14)12-11-6/h1-2H,(H,11,12)(H,13,14). The lowest BCUT2D eigenvalue weighted by Crippen LogP contribution is -1.98. The topological polar surface area (TPSA) is 66.0 Å². The van der Waals surface area contributed by atoms with Crippen LogP contribution in [0.15, 0.2) is 12.1 Å². The summed E-state index contributed by atoms with van der Waals surface area (Å²) >= 11 is 0. The van der Waals surface area contributed by atoms with E-state index in [9.17, 15) is 13.6 Å². The number of nitrogens with one attached hydrogen (secondary N) is 1. The van der Waals surface area contributed by atoms with Crippen molar-refractivity contribution in [3.8, 4) is 0 Å². The monoisotopic (exact) mass is 198 g/mol. The Labute approximate surface area is 76.2 Å². The van der Waals surface area contributed by atoms with Crippen LogP contribution in [-0.2, 0) is 0 Å². The Kier molecular flexibility index (Phi) is 1.70. The van der Waals surface area contributed by atoms with Crippen LogP contribution in [0.2, 0.25) is 0 Å². The quantitative estimate of drug-likeness (QED) is 0.730. The van der Waals surface area contributed by atoms with Crippen LogP contribution >= 0.6 is 0 Å². The molecule has 0 amide bonds. The summed E-state index contributed by atoms with van der Waals surface area (Å²) < 4.78 is 26.1. The summed E-state index contributed by atoms with van der Waals surface area (Å²) in [5, 5.41) is 13.7. The van der Waals surface area contributed by atoms with Gasteiger partial charge in [-0.1, -0.05) is 0 Å². The number of carboxylic acids is 1. The van der Waals surface area contributed by atoms with E-state index >= 15 is 0 Å². The van der Waals surface area contributed by atoms with Crippen LogP contribution in [0.1, 0.15) is 10.5 Å². The van der Waals surface area contributed by atoms with Crippen molar-refractivity contribution in [2.45, 2.75) is 0 Å². The number of aromatic amines is 1. The molecule has 14 heavy (non-hydrogen) atoms.